The molecule has 2 atom stereocenters. The highest BCUT2D eigenvalue weighted by Crippen LogP contribution is 2.32. The average molecular weight is 267 g/mol. The van der Waals surface area contributed by atoms with Crippen LogP contribution in [-0.2, 0) is 4.74 Å². The quantitative estimate of drug-likeness (QED) is 0.656. The minimum atomic E-state index is 0.361. The SMILES string of the molecule is CCOc1ccc(N)c(SCC2CCC(C)O2)c1. The summed E-state index contributed by atoms with van der Waals surface area (Å²) in [4.78, 5) is 1.09. The first kappa shape index (κ1) is 13.6. The number of nitrogen functional groups attached to an aromatic ring is 1. The molecule has 1 aromatic carbocycles. The zero-order valence-corrected chi connectivity index (χ0v) is 11.8. The number of benzene rings is 1. The number of anilines is 1. The Morgan fingerprint density at radius 2 is 2.28 bits per heavy atom. The van der Waals surface area contributed by atoms with Crippen molar-refractivity contribution in [3.05, 3.63) is 18.2 Å². The van der Waals surface area contributed by atoms with Gasteiger partial charge in [-0.05, 0) is 44.9 Å². The lowest BCUT2D eigenvalue weighted by Crippen LogP contribution is -2.10. The van der Waals surface area contributed by atoms with Crippen molar-refractivity contribution < 1.29 is 9.47 Å². The first-order valence-corrected chi connectivity index (χ1v) is 7.48. The van der Waals surface area contributed by atoms with Crippen LogP contribution in [0.15, 0.2) is 23.1 Å². The first-order valence-electron chi connectivity index (χ1n) is 6.49. The third kappa shape index (κ3) is 3.56. The van der Waals surface area contributed by atoms with Gasteiger partial charge in [0.1, 0.15) is 5.75 Å². The number of hydrogen-bond donors (Lipinski definition) is 1. The first-order chi connectivity index (χ1) is 8.69. The molecule has 2 rings (SSSR count). The lowest BCUT2D eigenvalue weighted by Gasteiger charge is -2.12. The summed E-state index contributed by atoms with van der Waals surface area (Å²) in [5.41, 5.74) is 6.79. The summed E-state index contributed by atoms with van der Waals surface area (Å²) >= 11 is 1.76. The van der Waals surface area contributed by atoms with Crippen molar-refractivity contribution >= 4 is 17.4 Å². The fourth-order valence-electron chi connectivity index (χ4n) is 2.09. The summed E-state index contributed by atoms with van der Waals surface area (Å²) in [7, 11) is 0. The summed E-state index contributed by atoms with van der Waals surface area (Å²) in [6.07, 6.45) is 3.08. The van der Waals surface area contributed by atoms with Crippen LogP contribution in [0.4, 0.5) is 5.69 Å². The second kappa shape index (κ2) is 6.34. The van der Waals surface area contributed by atoms with Crippen molar-refractivity contribution in [1.82, 2.24) is 0 Å². The highest BCUT2D eigenvalue weighted by atomic mass is 32.2. The van der Waals surface area contributed by atoms with E-state index in [1.54, 1.807) is 11.8 Å². The molecule has 100 valence electrons. The van der Waals surface area contributed by atoms with E-state index >= 15 is 0 Å². The molecular weight excluding hydrogens is 246 g/mol. The maximum Gasteiger partial charge on any atom is 0.120 e. The van der Waals surface area contributed by atoms with E-state index in [2.05, 4.69) is 6.92 Å². The Hall–Kier alpha value is -0.870. The van der Waals surface area contributed by atoms with Crippen LogP contribution < -0.4 is 10.5 Å². The van der Waals surface area contributed by atoms with Gasteiger partial charge in [-0.15, -0.1) is 11.8 Å². The van der Waals surface area contributed by atoms with Crippen LogP contribution >= 0.6 is 11.8 Å². The van der Waals surface area contributed by atoms with E-state index in [9.17, 15) is 0 Å². The summed E-state index contributed by atoms with van der Waals surface area (Å²) in [5.74, 6) is 1.85. The average Bonchev–Trinajstić information content (AvgIpc) is 2.76. The Labute approximate surface area is 113 Å². The van der Waals surface area contributed by atoms with Gasteiger partial charge in [0, 0.05) is 16.3 Å². The van der Waals surface area contributed by atoms with E-state index in [-0.39, 0.29) is 0 Å². The molecule has 0 amide bonds. The maximum absolute atomic E-state index is 5.98. The molecule has 1 heterocycles. The third-order valence-corrected chi connectivity index (χ3v) is 4.24. The topological polar surface area (TPSA) is 44.5 Å². The Morgan fingerprint density at radius 3 is 2.94 bits per heavy atom. The largest absolute Gasteiger partial charge is 0.494 e. The van der Waals surface area contributed by atoms with Gasteiger partial charge in [-0.2, -0.15) is 0 Å². The zero-order valence-electron chi connectivity index (χ0n) is 11.0. The fourth-order valence-corrected chi connectivity index (χ4v) is 3.13. The molecule has 0 saturated carbocycles. The molecule has 18 heavy (non-hydrogen) atoms. The fraction of sp³-hybridized carbons (Fsp3) is 0.571. The van der Waals surface area contributed by atoms with Gasteiger partial charge in [0.05, 0.1) is 18.8 Å². The highest BCUT2D eigenvalue weighted by molar-refractivity contribution is 7.99. The van der Waals surface area contributed by atoms with Crippen molar-refractivity contribution in [2.75, 3.05) is 18.1 Å². The van der Waals surface area contributed by atoms with E-state index in [0.29, 0.717) is 18.8 Å². The summed E-state index contributed by atoms with van der Waals surface area (Å²) in [6.45, 7) is 4.79. The smallest absolute Gasteiger partial charge is 0.120 e. The van der Waals surface area contributed by atoms with Crippen LogP contribution in [0.25, 0.3) is 0 Å². The molecule has 0 radical (unpaired) electrons. The van der Waals surface area contributed by atoms with Gasteiger partial charge in [-0.1, -0.05) is 0 Å². The lowest BCUT2D eigenvalue weighted by atomic mass is 10.2. The van der Waals surface area contributed by atoms with Crippen molar-refractivity contribution in [2.45, 2.75) is 43.8 Å². The Bertz CT molecular complexity index is 397. The molecule has 1 saturated heterocycles. The third-order valence-electron chi connectivity index (χ3n) is 3.04. The van der Waals surface area contributed by atoms with E-state index in [4.69, 9.17) is 15.2 Å². The van der Waals surface area contributed by atoms with Gasteiger partial charge < -0.3 is 15.2 Å². The molecule has 1 aromatic rings. The molecule has 0 aliphatic carbocycles. The number of hydrogen-bond acceptors (Lipinski definition) is 4. The van der Waals surface area contributed by atoms with Crippen molar-refractivity contribution in [1.29, 1.82) is 0 Å². The minimum Gasteiger partial charge on any atom is -0.494 e. The number of rotatable bonds is 5. The van der Waals surface area contributed by atoms with E-state index in [1.807, 2.05) is 25.1 Å². The zero-order chi connectivity index (χ0) is 13.0. The standard InChI is InChI=1S/C14H21NO2S/c1-3-16-11-6-7-13(15)14(8-11)18-9-12-5-4-10(2)17-12/h6-8,10,12H,3-5,9,15H2,1-2H3. The molecule has 1 fully saturated rings. The predicted octanol–water partition coefficient (Wildman–Crippen LogP) is 3.33. The van der Waals surface area contributed by atoms with Gasteiger partial charge in [-0.3, -0.25) is 0 Å². The maximum atomic E-state index is 5.98. The van der Waals surface area contributed by atoms with Crippen LogP contribution in [0, 0.1) is 0 Å². The summed E-state index contributed by atoms with van der Waals surface area (Å²) < 4.78 is 11.3. The van der Waals surface area contributed by atoms with Crippen molar-refractivity contribution in [2.24, 2.45) is 0 Å². The highest BCUT2D eigenvalue weighted by Gasteiger charge is 2.21. The molecule has 0 bridgehead atoms. The molecular formula is C14H21NO2S. The van der Waals surface area contributed by atoms with E-state index in [1.165, 1.54) is 6.42 Å². The Morgan fingerprint density at radius 1 is 1.44 bits per heavy atom. The van der Waals surface area contributed by atoms with Crippen LogP contribution in [0.5, 0.6) is 5.75 Å². The predicted molar refractivity (Wildman–Crippen MR) is 76.3 cm³/mol. The van der Waals surface area contributed by atoms with Crippen LogP contribution in [0.3, 0.4) is 0 Å². The molecule has 3 nitrogen and oxygen atoms in total. The number of nitrogens with two attached hydrogens (primary N) is 1. The summed E-state index contributed by atoms with van der Waals surface area (Å²) in [6, 6.07) is 5.84. The van der Waals surface area contributed by atoms with Gasteiger partial charge in [0.15, 0.2) is 0 Å². The summed E-state index contributed by atoms with van der Waals surface area (Å²) in [5, 5.41) is 0. The lowest BCUT2D eigenvalue weighted by molar-refractivity contribution is 0.0700. The van der Waals surface area contributed by atoms with E-state index < -0.39 is 0 Å². The minimum absolute atomic E-state index is 0.361. The van der Waals surface area contributed by atoms with Crippen LogP contribution in [0.2, 0.25) is 0 Å². The monoisotopic (exact) mass is 267 g/mol. The second-order valence-corrected chi connectivity index (χ2v) is 5.65. The molecule has 2 unspecified atom stereocenters. The van der Waals surface area contributed by atoms with Crippen LogP contribution in [0.1, 0.15) is 26.7 Å². The van der Waals surface area contributed by atoms with Crippen molar-refractivity contribution in [3.8, 4) is 5.75 Å². The number of thioether (sulfide) groups is 1. The molecule has 0 aromatic heterocycles. The molecule has 0 spiro atoms. The number of ether oxygens (including phenoxy) is 2. The normalized spacial score (nSPS) is 23.2. The molecule has 2 N–H and O–H groups in total. The van der Waals surface area contributed by atoms with E-state index in [0.717, 1.165) is 28.5 Å². The molecule has 1 aliphatic rings. The molecule has 4 heteroatoms. The molecule has 1 aliphatic heterocycles. The van der Waals surface area contributed by atoms with Gasteiger partial charge >= 0.3 is 0 Å². The van der Waals surface area contributed by atoms with Gasteiger partial charge in [-0.25, -0.2) is 0 Å². The Balaban J connectivity index is 1.93. The Kier molecular flexibility index (Phi) is 4.78. The van der Waals surface area contributed by atoms with Gasteiger partial charge in [0.2, 0.25) is 0 Å². The second-order valence-electron chi connectivity index (χ2n) is 4.59. The van der Waals surface area contributed by atoms with Crippen molar-refractivity contribution in [3.63, 3.8) is 0 Å². The van der Waals surface area contributed by atoms with Crippen LogP contribution in [-0.4, -0.2) is 24.6 Å². The van der Waals surface area contributed by atoms with Gasteiger partial charge in [0.25, 0.3) is 0 Å².